The van der Waals surface area contributed by atoms with Gasteiger partial charge in [-0.25, -0.2) is 9.97 Å². The van der Waals surface area contributed by atoms with Crippen LogP contribution in [-0.2, 0) is 0 Å². The maximum Gasteiger partial charge on any atom is 0.275 e. The average molecular weight is 296 g/mol. The average Bonchev–Trinajstić information content (AvgIpc) is 2.85. The first kappa shape index (κ1) is 14.5. The largest absolute Gasteiger partial charge is 0.357 e. The van der Waals surface area contributed by atoms with Crippen LogP contribution in [0.3, 0.4) is 0 Å². The van der Waals surface area contributed by atoms with E-state index in [1.54, 1.807) is 18.3 Å². The van der Waals surface area contributed by atoms with Gasteiger partial charge in [0.05, 0.1) is 0 Å². The monoisotopic (exact) mass is 296 g/mol. The van der Waals surface area contributed by atoms with Gasteiger partial charge in [0.15, 0.2) is 0 Å². The van der Waals surface area contributed by atoms with Crippen molar-refractivity contribution in [1.29, 1.82) is 0 Å². The van der Waals surface area contributed by atoms with Crippen molar-refractivity contribution in [3.8, 4) is 0 Å². The molecule has 114 valence electrons. The molecule has 0 spiro atoms. The van der Waals surface area contributed by atoms with Crippen molar-refractivity contribution in [1.82, 2.24) is 9.97 Å². The van der Waals surface area contributed by atoms with Gasteiger partial charge in [-0.2, -0.15) is 0 Å². The Kier molecular flexibility index (Phi) is 4.63. The molecule has 0 radical (unpaired) electrons. The molecular weight excluding hydrogens is 276 g/mol. The molecule has 0 unspecified atom stereocenters. The number of pyridine rings is 2. The van der Waals surface area contributed by atoms with Gasteiger partial charge in [0, 0.05) is 19.3 Å². The number of nitrogens with one attached hydrogen (secondary N) is 1. The molecule has 5 nitrogen and oxygen atoms in total. The number of anilines is 2. The summed E-state index contributed by atoms with van der Waals surface area (Å²) in [5.41, 5.74) is 0.424. The zero-order chi connectivity index (χ0) is 15.2. The summed E-state index contributed by atoms with van der Waals surface area (Å²) in [4.78, 5) is 23.2. The van der Waals surface area contributed by atoms with Gasteiger partial charge in [-0.15, -0.1) is 0 Å². The number of carbonyl (C=O) groups is 1. The molecule has 1 amide bonds. The van der Waals surface area contributed by atoms with Crippen LogP contribution >= 0.6 is 0 Å². The fourth-order valence-corrected chi connectivity index (χ4v) is 2.64. The van der Waals surface area contributed by atoms with Crippen molar-refractivity contribution in [2.24, 2.45) is 0 Å². The molecule has 1 saturated heterocycles. The lowest BCUT2D eigenvalue weighted by Gasteiger charge is -2.21. The van der Waals surface area contributed by atoms with Gasteiger partial charge < -0.3 is 10.2 Å². The van der Waals surface area contributed by atoms with Crippen LogP contribution in [-0.4, -0.2) is 29.0 Å². The predicted molar refractivity (Wildman–Crippen MR) is 87.1 cm³/mol. The maximum absolute atomic E-state index is 12.3. The second kappa shape index (κ2) is 7.02. The number of hydrogen-bond acceptors (Lipinski definition) is 4. The molecule has 1 aliphatic heterocycles. The van der Waals surface area contributed by atoms with Gasteiger partial charge in [0.1, 0.15) is 17.3 Å². The van der Waals surface area contributed by atoms with Crippen LogP contribution in [0.15, 0.2) is 42.6 Å². The fourth-order valence-electron chi connectivity index (χ4n) is 2.64. The van der Waals surface area contributed by atoms with E-state index in [0.717, 1.165) is 18.9 Å². The molecule has 3 heterocycles. The van der Waals surface area contributed by atoms with Crippen molar-refractivity contribution in [2.75, 3.05) is 23.3 Å². The standard InChI is InChI=1S/C17H20N4O/c22-17(20-15-9-3-4-11-18-15)14-8-7-10-16(19-14)21-12-5-1-2-6-13-21/h3-4,7-11H,1-2,5-6,12-13H2,(H,18,20,22). The van der Waals surface area contributed by atoms with E-state index in [4.69, 9.17) is 0 Å². The Hall–Kier alpha value is -2.43. The molecule has 1 aliphatic rings. The second-order valence-electron chi connectivity index (χ2n) is 5.45. The van der Waals surface area contributed by atoms with Gasteiger partial charge in [0.2, 0.25) is 0 Å². The van der Waals surface area contributed by atoms with E-state index in [0.29, 0.717) is 11.5 Å². The molecule has 0 bridgehead atoms. The number of rotatable bonds is 3. The van der Waals surface area contributed by atoms with Crippen LogP contribution in [0.4, 0.5) is 11.6 Å². The molecule has 0 atom stereocenters. The Morgan fingerprint density at radius 1 is 1.00 bits per heavy atom. The van der Waals surface area contributed by atoms with Crippen LogP contribution in [0.25, 0.3) is 0 Å². The first-order valence-corrected chi connectivity index (χ1v) is 7.77. The summed E-state index contributed by atoms with van der Waals surface area (Å²) in [5, 5.41) is 2.77. The third-order valence-electron chi connectivity index (χ3n) is 3.80. The van der Waals surface area contributed by atoms with E-state index in [-0.39, 0.29) is 5.91 Å². The zero-order valence-corrected chi connectivity index (χ0v) is 12.5. The Morgan fingerprint density at radius 3 is 2.55 bits per heavy atom. The smallest absolute Gasteiger partial charge is 0.275 e. The summed E-state index contributed by atoms with van der Waals surface area (Å²) in [6.45, 7) is 2.02. The van der Waals surface area contributed by atoms with Crippen LogP contribution in [0.2, 0.25) is 0 Å². The quantitative estimate of drug-likeness (QED) is 0.945. The van der Waals surface area contributed by atoms with Crippen molar-refractivity contribution in [3.63, 3.8) is 0 Å². The summed E-state index contributed by atoms with van der Waals surface area (Å²) in [6.07, 6.45) is 6.57. The second-order valence-corrected chi connectivity index (χ2v) is 5.45. The van der Waals surface area contributed by atoms with Gasteiger partial charge in [0.25, 0.3) is 5.91 Å². The summed E-state index contributed by atoms with van der Waals surface area (Å²) in [7, 11) is 0. The summed E-state index contributed by atoms with van der Waals surface area (Å²) in [5.74, 6) is 1.19. The Morgan fingerprint density at radius 2 is 1.82 bits per heavy atom. The molecule has 3 rings (SSSR count). The van der Waals surface area contributed by atoms with E-state index in [1.807, 2.05) is 24.3 Å². The zero-order valence-electron chi connectivity index (χ0n) is 12.5. The molecule has 5 heteroatoms. The summed E-state index contributed by atoms with van der Waals surface area (Å²) in [6, 6.07) is 11.0. The number of aromatic nitrogens is 2. The van der Waals surface area contributed by atoms with Crippen LogP contribution in [0.1, 0.15) is 36.2 Å². The van der Waals surface area contributed by atoms with Gasteiger partial charge >= 0.3 is 0 Å². The predicted octanol–water partition coefficient (Wildman–Crippen LogP) is 3.11. The van der Waals surface area contributed by atoms with Crippen LogP contribution < -0.4 is 10.2 Å². The SMILES string of the molecule is O=C(Nc1ccccn1)c1cccc(N2CCCCCC2)n1. The summed E-state index contributed by atoms with van der Waals surface area (Å²) >= 11 is 0. The first-order valence-electron chi connectivity index (χ1n) is 7.77. The van der Waals surface area contributed by atoms with Crippen LogP contribution in [0.5, 0.6) is 0 Å². The maximum atomic E-state index is 12.3. The van der Waals surface area contributed by atoms with E-state index < -0.39 is 0 Å². The number of nitrogens with zero attached hydrogens (tertiary/aromatic N) is 3. The Bertz CT molecular complexity index is 622. The van der Waals surface area contributed by atoms with Crippen molar-refractivity contribution >= 4 is 17.5 Å². The molecular formula is C17H20N4O. The fraction of sp³-hybridized carbons (Fsp3) is 0.353. The highest BCUT2D eigenvalue weighted by molar-refractivity contribution is 6.02. The van der Waals surface area contributed by atoms with E-state index >= 15 is 0 Å². The van der Waals surface area contributed by atoms with Gasteiger partial charge in [-0.1, -0.05) is 25.0 Å². The number of amides is 1. The lowest BCUT2D eigenvalue weighted by Crippen LogP contribution is -2.26. The topological polar surface area (TPSA) is 58.1 Å². The minimum atomic E-state index is -0.227. The normalized spacial score (nSPS) is 15.2. The third kappa shape index (κ3) is 3.61. The van der Waals surface area contributed by atoms with E-state index in [9.17, 15) is 4.79 Å². The molecule has 0 aromatic carbocycles. The molecule has 0 saturated carbocycles. The minimum Gasteiger partial charge on any atom is -0.357 e. The molecule has 0 aliphatic carbocycles. The highest BCUT2D eigenvalue weighted by atomic mass is 16.1. The Balaban J connectivity index is 1.74. The molecule has 2 aromatic heterocycles. The highest BCUT2D eigenvalue weighted by Crippen LogP contribution is 2.18. The molecule has 22 heavy (non-hydrogen) atoms. The van der Waals surface area contributed by atoms with Crippen molar-refractivity contribution in [2.45, 2.75) is 25.7 Å². The lowest BCUT2D eigenvalue weighted by molar-refractivity contribution is 0.102. The van der Waals surface area contributed by atoms with Crippen LogP contribution in [0, 0.1) is 0 Å². The van der Waals surface area contributed by atoms with Crippen molar-refractivity contribution < 1.29 is 4.79 Å². The highest BCUT2D eigenvalue weighted by Gasteiger charge is 2.14. The van der Waals surface area contributed by atoms with Gasteiger partial charge in [-0.05, 0) is 37.1 Å². The molecule has 2 aromatic rings. The number of carbonyl (C=O) groups excluding carboxylic acids is 1. The van der Waals surface area contributed by atoms with Gasteiger partial charge in [-0.3, -0.25) is 4.79 Å². The van der Waals surface area contributed by atoms with E-state index in [1.165, 1.54) is 25.7 Å². The first-order chi connectivity index (χ1) is 10.8. The van der Waals surface area contributed by atoms with E-state index in [2.05, 4.69) is 20.2 Å². The number of hydrogen-bond donors (Lipinski definition) is 1. The lowest BCUT2D eigenvalue weighted by atomic mass is 10.2. The molecule has 1 fully saturated rings. The molecule has 1 N–H and O–H groups in total. The Labute approximate surface area is 130 Å². The third-order valence-corrected chi connectivity index (χ3v) is 3.80. The summed E-state index contributed by atoms with van der Waals surface area (Å²) < 4.78 is 0. The minimum absolute atomic E-state index is 0.227. The van der Waals surface area contributed by atoms with Crippen molar-refractivity contribution in [3.05, 3.63) is 48.3 Å².